The predicted octanol–water partition coefficient (Wildman–Crippen LogP) is 3.68. The lowest BCUT2D eigenvalue weighted by Crippen LogP contribution is -2.49. The maximum absolute atomic E-state index is 3.72. The number of hydrogen-bond acceptors (Lipinski definition) is 2. The van der Waals surface area contributed by atoms with Gasteiger partial charge in [0.25, 0.3) is 0 Å². The first-order valence-electron chi connectivity index (χ1n) is 7.86. The Labute approximate surface area is 118 Å². The van der Waals surface area contributed by atoms with Gasteiger partial charge in [0.1, 0.15) is 0 Å². The fraction of sp³-hybridized carbons (Fsp3) is 0.647. The number of nitrogens with zero attached hydrogens (tertiary/aromatic N) is 1. The molecule has 0 bridgehead atoms. The first-order valence-corrected chi connectivity index (χ1v) is 7.86. The lowest BCUT2D eigenvalue weighted by atomic mass is 9.90. The largest absolute Gasteiger partial charge is 0.370 e. The van der Waals surface area contributed by atoms with Crippen molar-refractivity contribution < 1.29 is 0 Å². The number of para-hydroxylation sites is 1. The number of anilines is 1. The van der Waals surface area contributed by atoms with Gasteiger partial charge in [-0.05, 0) is 43.9 Å². The standard InChI is InChI=1S/C17H28N2/c1-3-8-15-12-16(18-11-4-2)14-19(13-15)17-9-6-5-7-10-17/h5-7,9-10,15-16,18H,3-4,8,11-14H2,1-2H3. The second kappa shape index (κ2) is 7.54. The van der Waals surface area contributed by atoms with E-state index in [4.69, 9.17) is 0 Å². The topological polar surface area (TPSA) is 15.3 Å². The van der Waals surface area contributed by atoms with Crippen LogP contribution in [-0.2, 0) is 0 Å². The Morgan fingerprint density at radius 3 is 2.58 bits per heavy atom. The molecule has 2 nitrogen and oxygen atoms in total. The van der Waals surface area contributed by atoms with E-state index >= 15 is 0 Å². The first-order chi connectivity index (χ1) is 9.33. The van der Waals surface area contributed by atoms with Crippen LogP contribution in [0.3, 0.4) is 0 Å². The molecule has 0 aliphatic carbocycles. The number of nitrogens with one attached hydrogen (secondary N) is 1. The quantitative estimate of drug-likeness (QED) is 0.839. The molecule has 0 radical (unpaired) electrons. The van der Waals surface area contributed by atoms with Crippen molar-refractivity contribution in [3.05, 3.63) is 30.3 Å². The van der Waals surface area contributed by atoms with Crippen LogP contribution in [0.2, 0.25) is 0 Å². The maximum Gasteiger partial charge on any atom is 0.0366 e. The van der Waals surface area contributed by atoms with E-state index in [0.717, 1.165) is 19.0 Å². The van der Waals surface area contributed by atoms with Crippen molar-refractivity contribution in [1.29, 1.82) is 0 Å². The Kier molecular flexibility index (Phi) is 5.71. The van der Waals surface area contributed by atoms with E-state index in [-0.39, 0.29) is 0 Å². The molecule has 0 saturated carbocycles. The summed E-state index contributed by atoms with van der Waals surface area (Å²) in [7, 11) is 0. The highest BCUT2D eigenvalue weighted by Gasteiger charge is 2.26. The number of piperidine rings is 1. The van der Waals surface area contributed by atoms with Gasteiger partial charge in [0.2, 0.25) is 0 Å². The van der Waals surface area contributed by atoms with E-state index in [0.29, 0.717) is 6.04 Å². The van der Waals surface area contributed by atoms with E-state index in [1.165, 1.54) is 37.9 Å². The molecule has 1 aromatic rings. The lowest BCUT2D eigenvalue weighted by molar-refractivity contribution is 0.318. The molecule has 0 spiro atoms. The zero-order valence-electron chi connectivity index (χ0n) is 12.4. The van der Waals surface area contributed by atoms with E-state index in [1.54, 1.807) is 0 Å². The molecule has 1 heterocycles. The highest BCUT2D eigenvalue weighted by atomic mass is 15.2. The van der Waals surface area contributed by atoms with Crippen LogP contribution in [0.25, 0.3) is 0 Å². The van der Waals surface area contributed by atoms with Crippen LogP contribution in [0.1, 0.15) is 39.5 Å². The molecule has 0 aromatic heterocycles. The SMILES string of the molecule is CCCNC1CC(CCC)CN(c2ccccc2)C1. The van der Waals surface area contributed by atoms with Crippen LogP contribution in [0.5, 0.6) is 0 Å². The van der Waals surface area contributed by atoms with Gasteiger partial charge in [-0.1, -0.05) is 38.5 Å². The summed E-state index contributed by atoms with van der Waals surface area (Å²) < 4.78 is 0. The Hall–Kier alpha value is -1.02. The zero-order chi connectivity index (χ0) is 13.5. The minimum atomic E-state index is 0.658. The summed E-state index contributed by atoms with van der Waals surface area (Å²) in [5.41, 5.74) is 1.38. The summed E-state index contributed by atoms with van der Waals surface area (Å²) in [5, 5.41) is 3.72. The Bertz CT molecular complexity index is 350. The van der Waals surface area contributed by atoms with E-state index in [9.17, 15) is 0 Å². The van der Waals surface area contributed by atoms with Gasteiger partial charge in [-0.3, -0.25) is 0 Å². The van der Waals surface area contributed by atoms with Gasteiger partial charge < -0.3 is 10.2 Å². The molecule has 1 N–H and O–H groups in total. The van der Waals surface area contributed by atoms with Gasteiger partial charge in [0.15, 0.2) is 0 Å². The third-order valence-electron chi connectivity index (χ3n) is 4.04. The summed E-state index contributed by atoms with van der Waals surface area (Å²) in [5.74, 6) is 0.841. The smallest absolute Gasteiger partial charge is 0.0366 e. The second-order valence-corrected chi connectivity index (χ2v) is 5.78. The van der Waals surface area contributed by atoms with Gasteiger partial charge in [-0.25, -0.2) is 0 Å². The molecule has 1 aliphatic heterocycles. The van der Waals surface area contributed by atoms with Crippen LogP contribution in [0, 0.1) is 5.92 Å². The highest BCUT2D eigenvalue weighted by Crippen LogP contribution is 2.25. The maximum atomic E-state index is 3.72. The summed E-state index contributed by atoms with van der Waals surface area (Å²) in [6.45, 7) is 8.07. The number of rotatable bonds is 6. The number of hydrogen-bond donors (Lipinski definition) is 1. The van der Waals surface area contributed by atoms with Crippen molar-refractivity contribution in [3.63, 3.8) is 0 Å². The molecule has 1 aliphatic rings. The third-order valence-corrected chi connectivity index (χ3v) is 4.04. The Morgan fingerprint density at radius 2 is 1.89 bits per heavy atom. The van der Waals surface area contributed by atoms with Crippen LogP contribution < -0.4 is 10.2 Å². The fourth-order valence-electron chi connectivity index (χ4n) is 3.17. The second-order valence-electron chi connectivity index (χ2n) is 5.78. The van der Waals surface area contributed by atoms with Gasteiger partial charge >= 0.3 is 0 Å². The van der Waals surface area contributed by atoms with Crippen molar-refractivity contribution in [3.8, 4) is 0 Å². The summed E-state index contributed by atoms with van der Waals surface area (Å²) in [6.07, 6.45) is 5.22. The van der Waals surface area contributed by atoms with Crippen LogP contribution >= 0.6 is 0 Å². The summed E-state index contributed by atoms with van der Waals surface area (Å²) in [4.78, 5) is 2.57. The molecule has 106 valence electrons. The highest BCUT2D eigenvalue weighted by molar-refractivity contribution is 5.46. The molecule has 1 saturated heterocycles. The monoisotopic (exact) mass is 260 g/mol. The van der Waals surface area contributed by atoms with Gasteiger partial charge in [-0.15, -0.1) is 0 Å². The van der Waals surface area contributed by atoms with Crippen molar-refractivity contribution in [1.82, 2.24) is 5.32 Å². The molecule has 1 fully saturated rings. The minimum Gasteiger partial charge on any atom is -0.370 e. The van der Waals surface area contributed by atoms with Crippen LogP contribution in [0.15, 0.2) is 30.3 Å². The van der Waals surface area contributed by atoms with Crippen LogP contribution in [-0.4, -0.2) is 25.7 Å². The van der Waals surface area contributed by atoms with Gasteiger partial charge in [0.05, 0.1) is 0 Å². The summed E-state index contributed by atoms with van der Waals surface area (Å²) >= 11 is 0. The average Bonchev–Trinajstić information content (AvgIpc) is 2.46. The number of benzene rings is 1. The molecule has 2 atom stereocenters. The van der Waals surface area contributed by atoms with Gasteiger partial charge in [-0.2, -0.15) is 0 Å². The molecular weight excluding hydrogens is 232 g/mol. The molecule has 0 amide bonds. The molecule has 1 aromatic carbocycles. The molecule has 19 heavy (non-hydrogen) atoms. The molecule has 2 unspecified atom stereocenters. The van der Waals surface area contributed by atoms with Crippen molar-refractivity contribution >= 4 is 5.69 Å². The molecular formula is C17H28N2. The predicted molar refractivity (Wildman–Crippen MR) is 83.8 cm³/mol. The van der Waals surface area contributed by atoms with E-state index in [2.05, 4.69) is 54.4 Å². The molecule has 2 heteroatoms. The minimum absolute atomic E-state index is 0.658. The fourth-order valence-corrected chi connectivity index (χ4v) is 3.17. The van der Waals surface area contributed by atoms with Crippen molar-refractivity contribution in [2.75, 3.05) is 24.5 Å². The summed E-state index contributed by atoms with van der Waals surface area (Å²) in [6, 6.07) is 11.5. The van der Waals surface area contributed by atoms with E-state index < -0.39 is 0 Å². The first kappa shape index (κ1) is 14.4. The zero-order valence-corrected chi connectivity index (χ0v) is 12.4. The lowest BCUT2D eigenvalue weighted by Gasteiger charge is -2.39. The third kappa shape index (κ3) is 4.24. The van der Waals surface area contributed by atoms with Crippen LogP contribution in [0.4, 0.5) is 5.69 Å². The average molecular weight is 260 g/mol. The normalized spacial score (nSPS) is 23.6. The van der Waals surface area contributed by atoms with Crippen molar-refractivity contribution in [2.24, 2.45) is 5.92 Å². The van der Waals surface area contributed by atoms with E-state index in [1.807, 2.05) is 0 Å². The van der Waals surface area contributed by atoms with Gasteiger partial charge in [0, 0.05) is 24.8 Å². The van der Waals surface area contributed by atoms with Crippen molar-refractivity contribution in [2.45, 2.75) is 45.6 Å². The molecule has 2 rings (SSSR count). The Balaban J connectivity index is 2.01. The Morgan fingerprint density at radius 1 is 1.11 bits per heavy atom.